The second-order valence-electron chi connectivity index (χ2n) is 36.8. The molecule has 2 N–H and O–H groups in total. The summed E-state index contributed by atoms with van der Waals surface area (Å²) in [7, 11) is 3.91. The molecule has 0 spiro atoms. The molecular formula is C99H117BrF4N14O6Si2. The van der Waals surface area contributed by atoms with E-state index in [1.54, 1.807) is 42.7 Å². The lowest BCUT2D eigenvalue weighted by molar-refractivity contribution is -0.0504. The molecule has 27 heteroatoms. The summed E-state index contributed by atoms with van der Waals surface area (Å²) in [6, 6.07) is 71.4. The van der Waals surface area contributed by atoms with Gasteiger partial charge in [-0.05, 0) is 211 Å². The minimum atomic E-state index is -3.00. The molecule has 0 aliphatic carbocycles. The van der Waals surface area contributed by atoms with Gasteiger partial charge in [-0.2, -0.15) is 27.8 Å². The van der Waals surface area contributed by atoms with Crippen LogP contribution in [0.2, 0.25) is 36.3 Å². The third-order valence-electron chi connectivity index (χ3n) is 23.7. The number of nitrogens with one attached hydrogen (secondary N) is 2. The zero-order chi connectivity index (χ0) is 90.9. The summed E-state index contributed by atoms with van der Waals surface area (Å²) in [5.41, 5.74) is 8.71. The molecule has 0 saturated carbocycles. The Balaban J connectivity index is 0.000000195. The third kappa shape index (κ3) is 21.1. The maximum atomic E-state index is 15.0. The fraction of sp³-hybridized carbons (Fsp3) is 0.354. The van der Waals surface area contributed by atoms with Crippen molar-refractivity contribution in [2.45, 2.75) is 174 Å². The van der Waals surface area contributed by atoms with Crippen LogP contribution in [0.25, 0.3) is 55.5 Å². The number of carbonyl (C=O) groups excluding carboxylic acids is 2. The number of rotatable bonds is 31. The molecule has 2 amide bonds. The molecule has 0 atom stereocenters. The van der Waals surface area contributed by atoms with Gasteiger partial charge in [0.2, 0.25) is 0 Å². The summed E-state index contributed by atoms with van der Waals surface area (Å²) < 4.78 is 82.4. The van der Waals surface area contributed by atoms with Gasteiger partial charge in [0, 0.05) is 36.3 Å². The lowest BCUT2D eigenvalue weighted by Crippen LogP contribution is -2.51. The van der Waals surface area contributed by atoms with Gasteiger partial charge in [0.05, 0.1) is 64.5 Å². The number of nitrogens with zero attached hydrogens (tertiary/aromatic N) is 12. The number of amides is 2. The monoisotopic (exact) mass is 1810 g/mol. The zero-order valence-electron chi connectivity index (χ0n) is 75.6. The number of halogens is 5. The lowest BCUT2D eigenvalue weighted by Gasteiger charge is -2.39. The van der Waals surface area contributed by atoms with Gasteiger partial charge in [-0.3, -0.25) is 19.0 Å². The molecular weight excluding hydrogens is 1690 g/mol. The van der Waals surface area contributed by atoms with Gasteiger partial charge in [0.15, 0.2) is 27.9 Å². The Labute approximate surface area is 747 Å². The van der Waals surface area contributed by atoms with Crippen molar-refractivity contribution < 1.29 is 45.5 Å². The smallest absolute Gasteiger partial charge is 0.387 e. The Morgan fingerprint density at radius 3 is 1.14 bits per heavy atom. The standard InChI is InChI=1S/C49H57F2N7O3Si.C36H41BrN4O2Si.C14H19F2N3O/c1-47(2,3)62(8,9)60-33-48(4,5)54-45(59)39-32-57(49(34-20-13-10-14-21-34,35-22-15-11-16-23-35)36-24-17-12-18-25-36)44-43(39)53-40(31-52-44)42-38-30-37(61-46(50)51)26-27-41(38)58(55-42)29-19-28-56(6)7;1-34(2,3)44(6,7)43-25-35(4,5)40-33(42)29-24-41(32-31(29)39-30(37)23-38-32)36(26-17-11-8-12-18-26,27-19-13-9-14-20-27)28-21-15-10-16-22-28;1-10-12-9-11(20-14(15)16)5-6-13(12)19(17-10)8-4-7-18(2)3/h10-18,20-27,30-32,46H,19,28-29,33H2,1-9H3,(H,54,59);8-24H,25H2,1-7H3,(H,40,42);5-6,9,14H,4,7-8H2,1-3H3. The summed E-state index contributed by atoms with van der Waals surface area (Å²) in [6.07, 6.45) is 8.88. The first-order valence-electron chi connectivity index (χ1n) is 42.5. The maximum absolute atomic E-state index is 15.0. The molecule has 14 aromatic rings. The highest BCUT2D eigenvalue weighted by Gasteiger charge is 2.45. The first-order valence-corrected chi connectivity index (χ1v) is 49.1. The average Bonchev–Trinajstić information content (AvgIpc) is 1.51. The van der Waals surface area contributed by atoms with Crippen LogP contribution < -0.4 is 20.1 Å². The van der Waals surface area contributed by atoms with Crippen molar-refractivity contribution in [2.24, 2.45) is 0 Å². The third-order valence-corrected chi connectivity index (χ3v) is 33.0. The Hall–Kier alpha value is -11.0. The fourth-order valence-electron chi connectivity index (χ4n) is 15.2. The van der Waals surface area contributed by atoms with Gasteiger partial charge in [-0.25, -0.2) is 19.9 Å². The van der Waals surface area contributed by atoms with Crippen LogP contribution in [0.4, 0.5) is 17.6 Å². The number of aryl methyl sites for hydroxylation is 3. The van der Waals surface area contributed by atoms with E-state index in [2.05, 4.69) is 196 Å². The van der Waals surface area contributed by atoms with Gasteiger partial charge < -0.3 is 47.9 Å². The molecule has 0 unspecified atom stereocenters. The SMILES string of the molecule is CC(C)(CO[Si](C)(C)C(C)(C)C)NC(=O)c1cn(C(c2ccccc2)(c2ccccc2)c2ccccc2)c2ncc(Br)nc12.CN(C)CCCn1nc(-c2cnc3c(n2)c(C(=O)NC(C)(C)CO[Si](C)(C)C(C)(C)C)cn3C(c2ccccc2)(c2ccccc2)c2ccccc2)c2cc(OC(F)F)ccc21.Cc1nn(CCCN(C)C)c2ccc(OC(F)F)cc12. The minimum absolute atomic E-state index is 0.00219. The average molecular weight is 1810 g/mol. The van der Waals surface area contributed by atoms with Crippen molar-refractivity contribution in [1.82, 2.24) is 69.1 Å². The topological polar surface area (TPSA) is 199 Å². The molecule has 126 heavy (non-hydrogen) atoms. The normalized spacial score (nSPS) is 12.6. The number of aromatic nitrogens is 10. The molecule has 6 heterocycles. The van der Waals surface area contributed by atoms with Gasteiger partial charge >= 0.3 is 13.2 Å². The van der Waals surface area contributed by atoms with Crippen LogP contribution in [0, 0.1) is 6.92 Å². The molecule has 0 saturated heterocycles. The van der Waals surface area contributed by atoms with Crippen LogP contribution in [0.3, 0.4) is 0 Å². The molecule has 0 radical (unpaired) electrons. The van der Waals surface area contributed by atoms with Gasteiger partial charge in [-0.1, -0.05) is 224 Å². The first-order chi connectivity index (χ1) is 59.6. The van der Waals surface area contributed by atoms with Crippen LogP contribution in [0.1, 0.15) is 142 Å². The lowest BCUT2D eigenvalue weighted by atomic mass is 9.76. The predicted octanol–water partition coefficient (Wildman–Crippen LogP) is 21.8. The molecule has 14 rings (SSSR count). The second-order valence-corrected chi connectivity index (χ2v) is 47.2. The van der Waals surface area contributed by atoms with E-state index in [4.69, 9.17) is 38.6 Å². The summed E-state index contributed by atoms with van der Waals surface area (Å²) in [5, 5.41) is 17.5. The van der Waals surface area contributed by atoms with Crippen LogP contribution in [-0.4, -0.2) is 166 Å². The highest BCUT2D eigenvalue weighted by atomic mass is 79.9. The van der Waals surface area contributed by atoms with E-state index in [-0.39, 0.29) is 33.4 Å². The highest BCUT2D eigenvalue weighted by Crippen LogP contribution is 2.47. The Morgan fingerprint density at radius 1 is 0.460 bits per heavy atom. The van der Waals surface area contributed by atoms with Crippen LogP contribution >= 0.6 is 15.9 Å². The second kappa shape index (κ2) is 39.1. The molecule has 0 bridgehead atoms. The van der Waals surface area contributed by atoms with Gasteiger partial charge in [0.25, 0.3) is 11.8 Å². The van der Waals surface area contributed by atoms with Crippen molar-refractivity contribution >= 4 is 88.5 Å². The molecule has 6 aromatic heterocycles. The Bertz CT molecular complexity index is 5830. The molecule has 0 fully saturated rings. The number of benzene rings is 8. The van der Waals surface area contributed by atoms with Crippen LogP contribution in [-0.2, 0) is 33.0 Å². The Morgan fingerprint density at radius 2 is 0.794 bits per heavy atom. The van der Waals surface area contributed by atoms with E-state index >= 15 is 0 Å². The quantitative estimate of drug-likeness (QED) is 0.0236. The summed E-state index contributed by atoms with van der Waals surface area (Å²) in [4.78, 5) is 53.5. The van der Waals surface area contributed by atoms with Crippen molar-refractivity contribution in [3.63, 3.8) is 0 Å². The van der Waals surface area contributed by atoms with Gasteiger partial charge in [-0.15, -0.1) is 0 Å². The Kier molecular flexibility index (Phi) is 29.2. The maximum Gasteiger partial charge on any atom is 0.387 e. The largest absolute Gasteiger partial charge is 0.435 e. The van der Waals surface area contributed by atoms with E-state index in [9.17, 15) is 27.2 Å². The number of fused-ring (bicyclic) bond motifs is 4. The minimum Gasteiger partial charge on any atom is -0.435 e. The first kappa shape index (κ1) is 94.1. The number of hydrogen-bond donors (Lipinski definition) is 2. The van der Waals surface area contributed by atoms with Crippen LogP contribution in [0.5, 0.6) is 11.5 Å². The van der Waals surface area contributed by atoms with E-state index in [1.807, 2.05) is 194 Å². The summed E-state index contributed by atoms with van der Waals surface area (Å²) >= 11 is 3.51. The number of ether oxygens (including phenoxy) is 2. The van der Waals surface area contributed by atoms with E-state index in [1.165, 1.54) is 6.07 Å². The highest BCUT2D eigenvalue weighted by molar-refractivity contribution is 9.10. The number of hydrogen-bond acceptors (Lipinski definition) is 14. The summed E-state index contributed by atoms with van der Waals surface area (Å²) in [5.74, 6) is -0.405. The molecule has 0 aliphatic rings. The van der Waals surface area contributed by atoms with Crippen molar-refractivity contribution in [2.75, 3.05) is 54.5 Å². The van der Waals surface area contributed by atoms with Gasteiger partial charge in [0.1, 0.15) is 49.6 Å². The van der Waals surface area contributed by atoms with E-state index < -0.39 is 52.0 Å². The van der Waals surface area contributed by atoms with Crippen molar-refractivity contribution in [3.05, 3.63) is 298 Å². The van der Waals surface area contributed by atoms with E-state index in [0.29, 0.717) is 74.6 Å². The van der Waals surface area contributed by atoms with Crippen molar-refractivity contribution in [3.8, 4) is 22.9 Å². The summed E-state index contributed by atoms with van der Waals surface area (Å²) in [6.45, 7) is 30.0. The number of alkyl halides is 4. The molecule has 20 nitrogen and oxygen atoms in total. The molecule has 8 aromatic carbocycles. The van der Waals surface area contributed by atoms with Crippen molar-refractivity contribution in [1.29, 1.82) is 0 Å². The van der Waals surface area contributed by atoms with Crippen LogP contribution in [0.15, 0.2) is 248 Å². The predicted molar refractivity (Wildman–Crippen MR) is 504 cm³/mol. The number of carbonyl (C=O) groups is 2. The zero-order valence-corrected chi connectivity index (χ0v) is 79.2. The fourth-order valence-corrected chi connectivity index (χ4v) is 17.8. The molecule has 662 valence electrons. The molecule has 0 aliphatic heterocycles. The van der Waals surface area contributed by atoms with E-state index in [0.717, 1.165) is 88.0 Å².